The molecule has 0 bridgehead atoms. The number of amides is 2. The van der Waals surface area contributed by atoms with Crippen LogP contribution in [0.1, 0.15) is 170 Å². The van der Waals surface area contributed by atoms with Crippen molar-refractivity contribution in [2.45, 2.75) is 144 Å². The van der Waals surface area contributed by atoms with Crippen LogP contribution in [0.4, 0.5) is 10.5 Å². The second kappa shape index (κ2) is 28.4. The van der Waals surface area contributed by atoms with Gasteiger partial charge in [-0.15, -0.1) is 11.3 Å². The van der Waals surface area contributed by atoms with Crippen LogP contribution in [0, 0.1) is 21.7 Å². The first kappa shape index (κ1) is 66.1. The van der Waals surface area contributed by atoms with Crippen molar-refractivity contribution in [3.05, 3.63) is 101 Å². The van der Waals surface area contributed by atoms with E-state index in [0.717, 1.165) is 40.5 Å². The van der Waals surface area contributed by atoms with Gasteiger partial charge >= 0.3 is 6.03 Å². The van der Waals surface area contributed by atoms with Gasteiger partial charge in [-0.05, 0) is 49.2 Å². The van der Waals surface area contributed by atoms with Crippen LogP contribution in [0.25, 0.3) is 10.6 Å². The average Bonchev–Trinajstić information content (AvgIpc) is 3.93. The Balaban J connectivity index is 0.000000910. The number of Topliss-reactive ketones (excluding diaryl/α,β-unsaturated/α-hetero) is 4. The number of nitrogens with zero attached hydrogens (tertiary/aromatic N) is 4. The smallest absolute Gasteiger partial charge is 0.321 e. The van der Waals surface area contributed by atoms with Crippen molar-refractivity contribution in [2.24, 2.45) is 21.7 Å². The Morgan fingerprint density at radius 2 is 1.18 bits per heavy atom. The van der Waals surface area contributed by atoms with Gasteiger partial charge in [0, 0.05) is 93.4 Å². The highest BCUT2D eigenvalue weighted by molar-refractivity contribution is 7.91. The van der Waals surface area contributed by atoms with Crippen LogP contribution < -0.4 is 10.2 Å². The molecule has 0 saturated carbocycles. The number of hydrogen-bond donors (Lipinski definition) is 1. The van der Waals surface area contributed by atoms with E-state index in [0.29, 0.717) is 56.2 Å². The summed E-state index contributed by atoms with van der Waals surface area (Å²) in [7, 11) is -2.84. The van der Waals surface area contributed by atoms with Crippen molar-refractivity contribution in [1.29, 1.82) is 0 Å². The Bertz CT molecular complexity index is 2390. The number of thiazole rings is 1. The van der Waals surface area contributed by atoms with Gasteiger partial charge in [-0.1, -0.05) is 150 Å². The number of benzene rings is 2. The molecule has 71 heavy (non-hydrogen) atoms. The molecular formula is C57H89N5O7S2. The summed E-state index contributed by atoms with van der Waals surface area (Å²) in [4.78, 5) is 71.8. The number of carbonyl (C=O) groups excluding carboxylic acids is 5. The molecule has 12 nitrogen and oxygen atoms in total. The van der Waals surface area contributed by atoms with E-state index in [1.807, 2.05) is 148 Å². The first-order valence-electron chi connectivity index (χ1n) is 23.7. The molecule has 1 N–H and O–H groups in total. The van der Waals surface area contributed by atoms with Crippen LogP contribution >= 0.6 is 11.3 Å². The Labute approximate surface area is 433 Å². The predicted octanol–water partition coefficient (Wildman–Crippen LogP) is 12.9. The lowest BCUT2D eigenvalue weighted by Crippen LogP contribution is -2.44. The summed E-state index contributed by atoms with van der Waals surface area (Å²) < 4.78 is 22.3. The summed E-state index contributed by atoms with van der Waals surface area (Å²) in [5, 5.41) is 5.71. The molecule has 396 valence electrons. The van der Waals surface area contributed by atoms with E-state index in [1.54, 1.807) is 34.6 Å². The van der Waals surface area contributed by atoms with Gasteiger partial charge in [0.05, 0.1) is 30.2 Å². The molecule has 2 saturated heterocycles. The predicted molar refractivity (Wildman–Crippen MR) is 298 cm³/mol. The van der Waals surface area contributed by atoms with Crippen molar-refractivity contribution < 1.29 is 32.4 Å². The second-order valence-electron chi connectivity index (χ2n) is 21.5. The van der Waals surface area contributed by atoms with E-state index in [4.69, 9.17) is 0 Å². The Morgan fingerprint density at radius 1 is 0.676 bits per heavy atom. The van der Waals surface area contributed by atoms with Crippen LogP contribution in [-0.4, -0.2) is 96.7 Å². The molecular weight excluding hydrogens is 931 g/mol. The summed E-state index contributed by atoms with van der Waals surface area (Å²) >= 11 is 1.59. The monoisotopic (exact) mass is 1020 g/mol. The number of urea groups is 1. The highest BCUT2D eigenvalue weighted by Crippen LogP contribution is 2.27. The lowest BCUT2D eigenvalue weighted by atomic mass is 9.86. The van der Waals surface area contributed by atoms with Gasteiger partial charge < -0.3 is 5.32 Å². The minimum Gasteiger partial charge on any atom is -0.336 e. The number of hydrogen-bond acceptors (Lipinski definition) is 11. The van der Waals surface area contributed by atoms with Crippen LogP contribution in [-0.2, 0) is 25.8 Å². The molecule has 2 aliphatic heterocycles. The number of nitrogens with one attached hydrogen (secondary N) is 1. The van der Waals surface area contributed by atoms with Crippen molar-refractivity contribution in [3.8, 4) is 10.6 Å². The Morgan fingerprint density at radius 3 is 1.62 bits per heavy atom. The summed E-state index contributed by atoms with van der Waals surface area (Å²) in [5.41, 5.74) is 3.96. The fraction of sp³-hybridized carbons (Fsp3) is 0.561. The van der Waals surface area contributed by atoms with Gasteiger partial charge in [0.2, 0.25) is 0 Å². The molecule has 14 heteroatoms. The second-order valence-corrected chi connectivity index (χ2v) is 24.7. The largest absolute Gasteiger partial charge is 0.336 e. The molecule has 2 aliphatic rings. The number of pyridine rings is 1. The fourth-order valence-corrected chi connectivity index (χ4v) is 8.85. The number of rotatable bonds is 11. The van der Waals surface area contributed by atoms with Crippen molar-refractivity contribution in [3.63, 3.8) is 0 Å². The number of carbonyl (C=O) groups is 5. The molecule has 4 heterocycles. The highest BCUT2D eigenvalue weighted by Gasteiger charge is 2.29. The van der Waals surface area contributed by atoms with Gasteiger partial charge in [0.1, 0.15) is 10.8 Å². The normalized spacial score (nSPS) is 14.5. The molecule has 0 spiro atoms. The first-order valence-corrected chi connectivity index (χ1v) is 26.4. The summed E-state index contributed by atoms with van der Waals surface area (Å²) in [5.74, 6) is 1.54. The molecule has 2 fully saturated rings. The lowest BCUT2D eigenvalue weighted by molar-refractivity contribution is -0.127. The van der Waals surface area contributed by atoms with Crippen molar-refractivity contribution in [1.82, 2.24) is 20.2 Å². The summed E-state index contributed by atoms with van der Waals surface area (Å²) in [6.07, 6.45) is 4.33. The zero-order valence-corrected chi connectivity index (χ0v) is 44.8. The zero-order chi connectivity index (χ0) is 51.3. The van der Waals surface area contributed by atoms with Crippen LogP contribution in [0.15, 0.2) is 78.3 Å². The number of ketones is 4. The van der Waals surface area contributed by atoms with Crippen LogP contribution in [0.2, 0.25) is 0 Å². The lowest BCUT2D eigenvalue weighted by Gasteiger charge is -2.28. The van der Waals surface area contributed by atoms with Gasteiger partial charge in [0.25, 0.3) is 0 Å². The molecule has 0 unspecified atom stereocenters. The SMILES string of the molecule is C.C.C.CC(C)(C)C(=O)CN1CCS(=O)(=O)CC1.CC(C)(C)C(=O)Cc1csc(-c2ccccc2)n1.CC(C)(C)C(=O)c1ccc(N2CCNC2=O)cc1.CCC(CC)c1ccc(C(=O)C(C)(C)C)cn1. The summed E-state index contributed by atoms with van der Waals surface area (Å²) in [6.45, 7) is 30.0. The molecule has 0 atom stereocenters. The minimum absolute atomic E-state index is 0. The fourth-order valence-electron chi connectivity index (χ4n) is 6.74. The molecule has 2 aromatic heterocycles. The van der Waals surface area contributed by atoms with Gasteiger partial charge in [-0.3, -0.25) is 34.0 Å². The molecule has 2 amide bonds. The van der Waals surface area contributed by atoms with E-state index in [9.17, 15) is 32.4 Å². The third kappa shape index (κ3) is 21.4. The third-order valence-corrected chi connectivity index (χ3v) is 14.1. The third-order valence-electron chi connectivity index (χ3n) is 11.5. The quantitative estimate of drug-likeness (QED) is 0.143. The van der Waals surface area contributed by atoms with Crippen molar-refractivity contribution >= 4 is 56.0 Å². The summed E-state index contributed by atoms with van der Waals surface area (Å²) in [6, 6.07) is 21.1. The molecule has 2 aromatic carbocycles. The standard InChI is InChI=1S/C15H17NOS.C15H23NO.C14H18N2O2.C10H19NO3S.3CH4/c1-15(2,3)13(17)9-12-10-18-14(16-12)11-7-5-4-6-8-11;1-6-11(7-2)13-9-8-12(10-16-13)14(17)15(3,4)5;1-14(2,3)12(17)10-4-6-11(7-5-10)16-9-8-15-13(16)18;1-10(2,3)9(12)8-11-4-6-15(13,14)7-5-11;;;/h4-8,10H,9H2,1-3H3;8-11H,6-7H2,1-5H3;4-7H,8-9H2,1-3H3,(H,15,18);4-8H2,1-3H3;3*1H4. The zero-order valence-electron chi connectivity index (χ0n) is 43.1. The van der Waals surface area contributed by atoms with Gasteiger partial charge in [-0.25, -0.2) is 18.2 Å². The Hall–Kier alpha value is -4.92. The van der Waals surface area contributed by atoms with E-state index >= 15 is 0 Å². The topological polar surface area (TPSA) is 164 Å². The molecule has 0 radical (unpaired) electrons. The maximum Gasteiger partial charge on any atom is 0.321 e. The van der Waals surface area contributed by atoms with E-state index in [1.165, 1.54) is 0 Å². The van der Waals surface area contributed by atoms with E-state index in [2.05, 4.69) is 29.1 Å². The van der Waals surface area contributed by atoms with Crippen molar-refractivity contribution in [2.75, 3.05) is 49.1 Å². The number of anilines is 1. The first-order chi connectivity index (χ1) is 31.5. The van der Waals surface area contributed by atoms with Crippen LogP contribution in [0.5, 0.6) is 0 Å². The Kier molecular flexibility index (Phi) is 26.4. The maximum absolute atomic E-state index is 12.1. The molecule has 0 aliphatic carbocycles. The molecule has 6 rings (SSSR count). The van der Waals surface area contributed by atoms with Gasteiger partial charge in [-0.2, -0.15) is 0 Å². The minimum atomic E-state index is -2.84. The van der Waals surface area contributed by atoms with Crippen LogP contribution in [0.3, 0.4) is 0 Å². The average molecular weight is 1020 g/mol. The number of sulfone groups is 1. The highest BCUT2D eigenvalue weighted by atomic mass is 32.2. The van der Waals surface area contributed by atoms with Gasteiger partial charge in [0.15, 0.2) is 27.2 Å². The van der Waals surface area contributed by atoms with E-state index < -0.39 is 9.84 Å². The van der Waals surface area contributed by atoms with E-state index in [-0.39, 0.29) is 84.6 Å². The maximum atomic E-state index is 12.1. The number of aromatic nitrogens is 2. The molecule has 4 aromatic rings.